The minimum absolute atomic E-state index is 0.120. The molecule has 7 nitrogen and oxygen atoms in total. The predicted octanol–water partition coefficient (Wildman–Crippen LogP) is 3.31. The first-order valence-electron chi connectivity index (χ1n) is 13.0. The minimum atomic E-state index is -0.643. The zero-order chi connectivity index (χ0) is 23.2. The lowest BCUT2D eigenvalue weighted by Crippen LogP contribution is -2.60. The van der Waals surface area contributed by atoms with Crippen molar-refractivity contribution in [2.45, 2.75) is 69.5 Å². The van der Waals surface area contributed by atoms with E-state index in [1.54, 1.807) is 24.3 Å². The summed E-state index contributed by atoms with van der Waals surface area (Å²) in [6.45, 7) is 3.10. The van der Waals surface area contributed by atoms with E-state index >= 15 is 0 Å². The molecule has 6 rings (SSSR count). The van der Waals surface area contributed by atoms with E-state index in [-0.39, 0.29) is 24.3 Å². The van der Waals surface area contributed by atoms with Crippen molar-refractivity contribution < 1.29 is 14.4 Å². The molecule has 4 saturated heterocycles. The van der Waals surface area contributed by atoms with Crippen LogP contribution in [0, 0.1) is 11.8 Å². The first-order chi connectivity index (χ1) is 16.6. The second-order valence-corrected chi connectivity index (χ2v) is 10.6. The number of carbonyl (C=O) groups is 3. The molecule has 180 valence electrons. The van der Waals surface area contributed by atoms with Crippen molar-refractivity contribution in [2.75, 3.05) is 24.5 Å². The van der Waals surface area contributed by atoms with Gasteiger partial charge >= 0.3 is 6.03 Å². The molecule has 4 aliphatic heterocycles. The minimum Gasteiger partial charge on any atom is -0.336 e. The normalized spacial score (nSPS) is 33.2. The summed E-state index contributed by atoms with van der Waals surface area (Å²) < 4.78 is 0. The van der Waals surface area contributed by atoms with Gasteiger partial charge in [0.15, 0.2) is 0 Å². The maximum atomic E-state index is 13.4. The number of urea groups is 1. The zero-order valence-electron chi connectivity index (χ0n) is 19.7. The fraction of sp³-hybridized carbons (Fsp3) is 0.593. The van der Waals surface area contributed by atoms with Crippen LogP contribution in [0.4, 0.5) is 10.5 Å². The number of piperidine rings is 3. The highest BCUT2D eigenvalue weighted by Gasteiger charge is 2.47. The highest BCUT2D eigenvalue weighted by molar-refractivity contribution is 6.21. The number of nitrogens with zero attached hydrogens (tertiary/aromatic N) is 3. The Morgan fingerprint density at radius 1 is 1.06 bits per heavy atom. The molecule has 34 heavy (non-hydrogen) atoms. The summed E-state index contributed by atoms with van der Waals surface area (Å²) in [5.41, 5.74) is 2.04. The summed E-state index contributed by atoms with van der Waals surface area (Å²) in [6.07, 6.45) is 10.4. The van der Waals surface area contributed by atoms with Gasteiger partial charge in [-0.05, 0) is 69.0 Å². The number of rotatable bonds is 4. The van der Waals surface area contributed by atoms with Crippen LogP contribution < -0.4 is 10.2 Å². The second kappa shape index (κ2) is 8.84. The van der Waals surface area contributed by atoms with E-state index in [1.807, 2.05) is 6.07 Å². The second-order valence-electron chi connectivity index (χ2n) is 10.6. The Kier molecular flexibility index (Phi) is 5.68. The van der Waals surface area contributed by atoms with Crippen molar-refractivity contribution in [1.29, 1.82) is 0 Å². The van der Waals surface area contributed by atoms with Crippen LogP contribution in [0.25, 0.3) is 0 Å². The maximum Gasteiger partial charge on any atom is 0.329 e. The molecule has 1 aromatic carbocycles. The van der Waals surface area contributed by atoms with Crippen molar-refractivity contribution >= 4 is 23.5 Å². The van der Waals surface area contributed by atoms with Crippen molar-refractivity contribution in [2.24, 2.45) is 11.8 Å². The summed E-state index contributed by atoms with van der Waals surface area (Å²) >= 11 is 0. The Morgan fingerprint density at radius 2 is 1.91 bits per heavy atom. The first kappa shape index (κ1) is 21.8. The van der Waals surface area contributed by atoms with Crippen LogP contribution in [-0.2, 0) is 9.59 Å². The van der Waals surface area contributed by atoms with Crippen LogP contribution in [0.1, 0.15) is 51.4 Å². The Labute approximate surface area is 201 Å². The molecule has 4 fully saturated rings. The molecule has 1 aliphatic carbocycles. The molecule has 0 unspecified atom stereocenters. The van der Waals surface area contributed by atoms with Gasteiger partial charge in [0.2, 0.25) is 5.91 Å². The average Bonchev–Trinajstić information content (AvgIpc) is 3.15. The molecule has 5 atom stereocenters. The van der Waals surface area contributed by atoms with Crippen LogP contribution >= 0.6 is 0 Å². The summed E-state index contributed by atoms with van der Waals surface area (Å²) in [5.74, 6) is 1.02. The van der Waals surface area contributed by atoms with E-state index in [0.29, 0.717) is 30.0 Å². The molecule has 4 heterocycles. The van der Waals surface area contributed by atoms with Crippen LogP contribution in [-0.4, -0.2) is 65.4 Å². The van der Waals surface area contributed by atoms with E-state index in [4.69, 9.17) is 0 Å². The number of fused-ring (bicyclic) bond motifs is 6. The number of benzene rings is 1. The number of hydrogen-bond acceptors (Lipinski definition) is 4. The summed E-state index contributed by atoms with van der Waals surface area (Å²) in [5, 5.41) is 2.78. The standard InChI is InChI=1S/C27H34N4O3/c32-24(12-11-22-26(33)31(27(34)28-22)21-8-2-1-3-9-21)30-14-6-7-18-15-19-16-20(25(18)30)17-29-13-5-4-10-23(19)29/h1-3,8-9,15,19-20,22-23,25H,4-7,10-14,16-17H2,(H,28,34)/t19-,20-,22-,23-,25-/m0/s1. The van der Waals surface area contributed by atoms with Gasteiger partial charge in [-0.15, -0.1) is 0 Å². The van der Waals surface area contributed by atoms with Gasteiger partial charge in [0.1, 0.15) is 6.04 Å². The number of hydrogen-bond donors (Lipinski definition) is 1. The van der Waals surface area contributed by atoms with Gasteiger partial charge in [-0.25, -0.2) is 9.69 Å². The van der Waals surface area contributed by atoms with Crippen molar-refractivity contribution in [3.05, 3.63) is 42.0 Å². The molecule has 4 amide bonds. The maximum absolute atomic E-state index is 13.4. The predicted molar refractivity (Wildman–Crippen MR) is 129 cm³/mol. The van der Waals surface area contributed by atoms with E-state index in [2.05, 4.69) is 21.2 Å². The molecular formula is C27H34N4O3. The van der Waals surface area contributed by atoms with Crippen LogP contribution in [0.15, 0.2) is 42.0 Å². The van der Waals surface area contributed by atoms with Gasteiger partial charge < -0.3 is 10.2 Å². The highest BCUT2D eigenvalue weighted by Crippen LogP contribution is 2.45. The lowest BCUT2D eigenvalue weighted by Gasteiger charge is -2.54. The summed E-state index contributed by atoms with van der Waals surface area (Å²) in [7, 11) is 0. The largest absolute Gasteiger partial charge is 0.336 e. The van der Waals surface area contributed by atoms with E-state index in [0.717, 1.165) is 25.9 Å². The Bertz CT molecular complexity index is 1010. The third-order valence-electron chi connectivity index (χ3n) is 8.66. The molecule has 0 aromatic heterocycles. The van der Waals surface area contributed by atoms with Crippen molar-refractivity contribution in [3.8, 4) is 0 Å². The van der Waals surface area contributed by atoms with Gasteiger partial charge in [0.25, 0.3) is 5.91 Å². The lowest BCUT2D eigenvalue weighted by atomic mass is 9.68. The molecule has 1 N–H and O–H groups in total. The topological polar surface area (TPSA) is 73.0 Å². The van der Waals surface area contributed by atoms with Gasteiger partial charge in [-0.2, -0.15) is 0 Å². The van der Waals surface area contributed by atoms with Crippen LogP contribution in [0.3, 0.4) is 0 Å². The molecular weight excluding hydrogens is 428 g/mol. The quantitative estimate of drug-likeness (QED) is 0.550. The summed E-state index contributed by atoms with van der Waals surface area (Å²) in [6, 6.07) is 8.83. The number of likely N-dealkylation sites (tertiary alicyclic amines) is 1. The Morgan fingerprint density at radius 3 is 2.76 bits per heavy atom. The van der Waals surface area contributed by atoms with Crippen LogP contribution in [0.5, 0.6) is 0 Å². The van der Waals surface area contributed by atoms with Crippen LogP contribution in [0.2, 0.25) is 0 Å². The fourth-order valence-corrected chi connectivity index (χ4v) is 7.21. The SMILES string of the molecule is O=C1N[C@@H](CCC(=O)N2CCCC3=C[C@H]4C[C@@H](CN5CCCC[C@@H]45)[C@H]32)C(=O)N1c1ccccc1. The molecule has 7 heteroatoms. The van der Waals surface area contributed by atoms with E-state index in [1.165, 1.54) is 42.7 Å². The monoisotopic (exact) mass is 462 g/mol. The Hall–Kier alpha value is -2.67. The number of nitrogens with one attached hydrogen (secondary N) is 1. The number of imide groups is 1. The molecule has 5 aliphatic rings. The smallest absolute Gasteiger partial charge is 0.329 e. The molecule has 0 saturated carbocycles. The van der Waals surface area contributed by atoms with Gasteiger partial charge in [0, 0.05) is 25.6 Å². The number of anilines is 1. The number of para-hydroxylation sites is 1. The van der Waals surface area contributed by atoms with E-state index in [9.17, 15) is 14.4 Å². The summed E-state index contributed by atoms with van der Waals surface area (Å²) in [4.78, 5) is 44.8. The molecule has 0 spiro atoms. The van der Waals surface area contributed by atoms with E-state index < -0.39 is 12.1 Å². The molecule has 1 aromatic rings. The zero-order valence-corrected chi connectivity index (χ0v) is 19.7. The third-order valence-corrected chi connectivity index (χ3v) is 8.66. The van der Waals surface area contributed by atoms with Gasteiger partial charge in [0.05, 0.1) is 11.7 Å². The molecule has 0 radical (unpaired) electrons. The third kappa shape index (κ3) is 3.74. The number of carbonyl (C=O) groups excluding carboxylic acids is 3. The fourth-order valence-electron chi connectivity index (χ4n) is 7.21. The van der Waals surface area contributed by atoms with Crippen molar-refractivity contribution in [1.82, 2.24) is 15.1 Å². The van der Waals surface area contributed by atoms with Gasteiger partial charge in [-0.3, -0.25) is 14.5 Å². The highest BCUT2D eigenvalue weighted by atomic mass is 16.2. The van der Waals surface area contributed by atoms with Gasteiger partial charge in [-0.1, -0.05) is 36.3 Å². The lowest BCUT2D eigenvalue weighted by molar-refractivity contribution is -0.136. The molecule has 2 bridgehead atoms. The number of amides is 4. The average molecular weight is 463 g/mol. The van der Waals surface area contributed by atoms with Crippen molar-refractivity contribution in [3.63, 3.8) is 0 Å². The Balaban J connectivity index is 1.13. The first-order valence-corrected chi connectivity index (χ1v) is 13.0.